The second-order valence-corrected chi connectivity index (χ2v) is 9.65. The second kappa shape index (κ2) is 9.89. The van der Waals surface area contributed by atoms with Crippen LogP contribution in [0.15, 0.2) is 89.4 Å². The Morgan fingerprint density at radius 1 is 1.08 bits per heavy atom. The molecule has 1 amide bonds. The molecule has 4 aromatic heterocycles. The van der Waals surface area contributed by atoms with Crippen molar-refractivity contribution < 1.29 is 4.79 Å². The smallest absolute Gasteiger partial charge is 0.274 e. The number of pyridine rings is 1. The Balaban J connectivity index is 1.48. The van der Waals surface area contributed by atoms with E-state index in [4.69, 9.17) is 5.73 Å². The number of fused-ring (bicyclic) bond motifs is 2. The van der Waals surface area contributed by atoms with Crippen LogP contribution in [0.1, 0.15) is 39.6 Å². The number of carbonyl (C=O) groups is 1. The Bertz CT molecular complexity index is 1970. The molecule has 3 N–H and O–H groups in total. The highest BCUT2D eigenvalue weighted by atomic mass is 32.1. The Morgan fingerprint density at radius 2 is 1.92 bits per heavy atom. The van der Waals surface area contributed by atoms with Gasteiger partial charge in [0, 0.05) is 23.1 Å². The quantitative estimate of drug-likeness (QED) is 0.332. The number of para-hydroxylation sites is 1. The normalized spacial score (nSPS) is 11.7. The van der Waals surface area contributed by atoms with E-state index >= 15 is 0 Å². The van der Waals surface area contributed by atoms with Gasteiger partial charge in [-0.3, -0.25) is 19.1 Å². The van der Waals surface area contributed by atoms with E-state index in [1.54, 1.807) is 34.6 Å². The summed E-state index contributed by atoms with van der Waals surface area (Å²) in [5, 5.41) is 8.40. The molecule has 0 fully saturated rings. The minimum Gasteiger partial charge on any atom is -0.382 e. The zero-order valence-electron chi connectivity index (χ0n) is 20.7. The Labute approximate surface area is 226 Å². The lowest BCUT2D eigenvalue weighted by atomic mass is 10.0. The number of nitrogens with one attached hydrogen (secondary N) is 1. The van der Waals surface area contributed by atoms with Crippen LogP contribution in [0, 0.1) is 11.8 Å². The first-order chi connectivity index (χ1) is 19.0. The standard InChI is InChI=1S/C29H21N7O2S/c1-18(33-28(37)26-27(30)34-24-11-6-14-32-36(24)26)23-15-20-8-5-7-19(12-13-22-16-31-17-39-22)25(20)29(38)35(23)21-9-3-2-4-10-21/h2-11,14-18H,30H2,1H3,(H,33,37). The SMILES string of the molecule is CC(NC(=O)c1c(N)nc2cccnn12)c1cc2cccc(C#Cc3cncs3)c2c(=O)n1-c1ccccc1. The third-order valence-electron chi connectivity index (χ3n) is 6.27. The highest BCUT2D eigenvalue weighted by Gasteiger charge is 2.23. The van der Waals surface area contributed by atoms with Crippen molar-refractivity contribution in [2.75, 3.05) is 5.73 Å². The summed E-state index contributed by atoms with van der Waals surface area (Å²) in [7, 11) is 0. The van der Waals surface area contributed by atoms with Crippen LogP contribution >= 0.6 is 11.3 Å². The van der Waals surface area contributed by atoms with Crippen LogP contribution in [-0.4, -0.2) is 30.1 Å². The molecular weight excluding hydrogens is 510 g/mol. The van der Waals surface area contributed by atoms with E-state index in [0.717, 1.165) is 10.3 Å². The Morgan fingerprint density at radius 3 is 2.72 bits per heavy atom. The fraction of sp³-hybridized carbons (Fsp3) is 0.0690. The van der Waals surface area contributed by atoms with E-state index in [0.29, 0.717) is 28.0 Å². The molecule has 9 nitrogen and oxygen atoms in total. The van der Waals surface area contributed by atoms with E-state index in [1.807, 2.05) is 61.5 Å². The predicted molar refractivity (Wildman–Crippen MR) is 151 cm³/mol. The molecule has 0 spiro atoms. The average Bonchev–Trinajstić information content (AvgIpc) is 3.59. The number of aromatic nitrogens is 5. The topological polar surface area (TPSA) is 120 Å². The van der Waals surface area contributed by atoms with Gasteiger partial charge in [0.05, 0.1) is 28.0 Å². The summed E-state index contributed by atoms with van der Waals surface area (Å²) in [6.45, 7) is 1.82. The molecule has 2 aromatic carbocycles. The number of hydrogen-bond acceptors (Lipinski definition) is 7. The van der Waals surface area contributed by atoms with Gasteiger partial charge in [-0.1, -0.05) is 36.3 Å². The van der Waals surface area contributed by atoms with Gasteiger partial charge in [-0.2, -0.15) is 5.10 Å². The summed E-state index contributed by atoms with van der Waals surface area (Å²) in [4.78, 5) is 36.6. The highest BCUT2D eigenvalue weighted by molar-refractivity contribution is 7.10. The molecule has 1 atom stereocenters. The van der Waals surface area contributed by atoms with Crippen molar-refractivity contribution in [1.82, 2.24) is 29.5 Å². The van der Waals surface area contributed by atoms with Crippen LogP contribution in [0.2, 0.25) is 0 Å². The first kappa shape index (κ1) is 24.1. The third-order valence-corrected chi connectivity index (χ3v) is 6.96. The molecule has 1 unspecified atom stereocenters. The molecule has 39 heavy (non-hydrogen) atoms. The van der Waals surface area contributed by atoms with Crippen LogP contribution in [-0.2, 0) is 0 Å². The maximum atomic E-state index is 14.1. The number of benzene rings is 2. The zero-order chi connectivity index (χ0) is 26.9. The third kappa shape index (κ3) is 4.41. The molecule has 0 aliphatic carbocycles. The molecule has 190 valence electrons. The van der Waals surface area contributed by atoms with Gasteiger partial charge in [0.1, 0.15) is 0 Å². The molecule has 4 heterocycles. The van der Waals surface area contributed by atoms with E-state index in [9.17, 15) is 9.59 Å². The maximum Gasteiger partial charge on any atom is 0.274 e. The van der Waals surface area contributed by atoms with Gasteiger partial charge < -0.3 is 11.1 Å². The number of hydrogen-bond donors (Lipinski definition) is 2. The monoisotopic (exact) mass is 531 g/mol. The van der Waals surface area contributed by atoms with Gasteiger partial charge in [-0.05, 0) is 54.6 Å². The van der Waals surface area contributed by atoms with Gasteiger partial charge >= 0.3 is 0 Å². The summed E-state index contributed by atoms with van der Waals surface area (Å²) >= 11 is 1.44. The molecule has 0 radical (unpaired) electrons. The van der Waals surface area contributed by atoms with Crippen molar-refractivity contribution in [3.63, 3.8) is 0 Å². The zero-order valence-corrected chi connectivity index (χ0v) is 21.5. The number of anilines is 1. The van der Waals surface area contributed by atoms with Crippen molar-refractivity contribution in [3.05, 3.63) is 117 Å². The van der Waals surface area contributed by atoms with E-state index in [-0.39, 0.29) is 17.1 Å². The molecule has 6 aromatic rings. The van der Waals surface area contributed by atoms with Gasteiger partial charge in [0.2, 0.25) is 0 Å². The number of carbonyl (C=O) groups excluding carboxylic acids is 1. The minimum absolute atomic E-state index is 0.0709. The molecule has 0 bridgehead atoms. The average molecular weight is 532 g/mol. The predicted octanol–water partition coefficient (Wildman–Crippen LogP) is 3.96. The van der Waals surface area contributed by atoms with Crippen LogP contribution in [0.3, 0.4) is 0 Å². The Kier molecular flexibility index (Phi) is 6.11. The summed E-state index contributed by atoms with van der Waals surface area (Å²) in [5.41, 5.74) is 10.0. The van der Waals surface area contributed by atoms with Gasteiger partial charge in [0.25, 0.3) is 11.5 Å². The van der Waals surface area contributed by atoms with Crippen molar-refractivity contribution in [2.45, 2.75) is 13.0 Å². The summed E-state index contributed by atoms with van der Waals surface area (Å²) < 4.78 is 3.01. The first-order valence-corrected chi connectivity index (χ1v) is 12.9. The lowest BCUT2D eigenvalue weighted by molar-refractivity contribution is 0.0932. The molecule has 0 aliphatic heterocycles. The number of imidazole rings is 1. The number of nitrogen functional groups attached to an aromatic ring is 1. The van der Waals surface area contributed by atoms with Gasteiger partial charge in [-0.15, -0.1) is 11.3 Å². The molecule has 10 heteroatoms. The largest absolute Gasteiger partial charge is 0.382 e. The number of amides is 1. The molecule has 0 saturated carbocycles. The van der Waals surface area contributed by atoms with Crippen LogP contribution in [0.5, 0.6) is 0 Å². The summed E-state index contributed by atoms with van der Waals surface area (Å²) in [6.07, 6.45) is 3.25. The lowest BCUT2D eigenvalue weighted by Gasteiger charge is -2.21. The fourth-order valence-corrected chi connectivity index (χ4v) is 4.98. The van der Waals surface area contributed by atoms with Crippen molar-refractivity contribution in [2.24, 2.45) is 0 Å². The number of rotatable bonds is 4. The lowest BCUT2D eigenvalue weighted by Crippen LogP contribution is -2.33. The van der Waals surface area contributed by atoms with Crippen LogP contribution in [0.4, 0.5) is 5.82 Å². The first-order valence-electron chi connectivity index (χ1n) is 12.1. The summed E-state index contributed by atoms with van der Waals surface area (Å²) in [5.74, 6) is 5.85. The van der Waals surface area contributed by atoms with E-state index in [2.05, 4.69) is 32.2 Å². The van der Waals surface area contributed by atoms with Crippen molar-refractivity contribution in [1.29, 1.82) is 0 Å². The summed E-state index contributed by atoms with van der Waals surface area (Å²) in [6, 6.07) is 19.6. The molecule has 0 saturated heterocycles. The molecule has 0 aliphatic rings. The van der Waals surface area contributed by atoms with Crippen molar-refractivity contribution >= 4 is 39.5 Å². The van der Waals surface area contributed by atoms with Gasteiger partial charge in [-0.25, -0.2) is 9.50 Å². The minimum atomic E-state index is -0.574. The highest BCUT2D eigenvalue weighted by Crippen LogP contribution is 2.24. The fourth-order valence-electron chi connectivity index (χ4n) is 4.51. The molecule has 6 rings (SSSR count). The maximum absolute atomic E-state index is 14.1. The van der Waals surface area contributed by atoms with E-state index in [1.165, 1.54) is 15.9 Å². The van der Waals surface area contributed by atoms with Crippen LogP contribution in [0.25, 0.3) is 22.1 Å². The number of nitrogens with zero attached hydrogens (tertiary/aromatic N) is 5. The Hall–Kier alpha value is -5.27. The van der Waals surface area contributed by atoms with Crippen LogP contribution < -0.4 is 16.6 Å². The van der Waals surface area contributed by atoms with Crippen molar-refractivity contribution in [3.8, 4) is 17.5 Å². The number of thiazole rings is 1. The van der Waals surface area contributed by atoms with E-state index < -0.39 is 11.9 Å². The van der Waals surface area contributed by atoms with Gasteiger partial charge in [0.15, 0.2) is 17.2 Å². The molecular formula is C29H21N7O2S. The second-order valence-electron chi connectivity index (χ2n) is 8.77. The number of nitrogens with two attached hydrogens (primary N) is 1.